The third-order valence-corrected chi connectivity index (χ3v) is 2.88. The SMILES string of the molecule is Cn1c(-c2ccnc(N)c2)nc2ccc(F)cc21. The first-order chi connectivity index (χ1) is 8.65. The summed E-state index contributed by atoms with van der Waals surface area (Å²) < 4.78 is 15.1. The van der Waals surface area contributed by atoms with Gasteiger partial charge in [-0.2, -0.15) is 0 Å². The number of aromatic nitrogens is 3. The van der Waals surface area contributed by atoms with E-state index in [1.54, 1.807) is 18.3 Å². The van der Waals surface area contributed by atoms with E-state index in [2.05, 4.69) is 9.97 Å². The summed E-state index contributed by atoms with van der Waals surface area (Å²) in [5.74, 6) is 0.904. The van der Waals surface area contributed by atoms with Crippen LogP contribution in [0, 0.1) is 5.82 Å². The largest absolute Gasteiger partial charge is 0.384 e. The van der Waals surface area contributed by atoms with Crippen molar-refractivity contribution in [2.75, 3.05) is 5.73 Å². The van der Waals surface area contributed by atoms with E-state index in [0.29, 0.717) is 5.82 Å². The van der Waals surface area contributed by atoms with Crippen LogP contribution in [0.4, 0.5) is 10.2 Å². The molecule has 2 aromatic heterocycles. The summed E-state index contributed by atoms with van der Waals surface area (Å²) in [5.41, 5.74) is 8.02. The predicted octanol–water partition coefficient (Wildman–Crippen LogP) is 2.36. The number of nitrogen functional groups attached to an aromatic ring is 1. The Bertz CT molecular complexity index is 733. The number of imidazole rings is 1. The summed E-state index contributed by atoms with van der Waals surface area (Å²) in [6.45, 7) is 0. The topological polar surface area (TPSA) is 56.7 Å². The van der Waals surface area contributed by atoms with E-state index in [9.17, 15) is 4.39 Å². The number of hydrogen-bond acceptors (Lipinski definition) is 3. The van der Waals surface area contributed by atoms with E-state index in [1.165, 1.54) is 12.1 Å². The van der Waals surface area contributed by atoms with Crippen LogP contribution in [-0.2, 0) is 7.05 Å². The molecule has 2 N–H and O–H groups in total. The van der Waals surface area contributed by atoms with Crippen LogP contribution >= 0.6 is 0 Å². The molecule has 0 fully saturated rings. The highest BCUT2D eigenvalue weighted by molar-refractivity contribution is 5.80. The molecule has 0 amide bonds. The van der Waals surface area contributed by atoms with Gasteiger partial charge >= 0.3 is 0 Å². The summed E-state index contributed by atoms with van der Waals surface area (Å²) in [6.07, 6.45) is 1.63. The normalized spacial score (nSPS) is 11.0. The number of pyridine rings is 1. The molecule has 0 saturated heterocycles. The number of hydrogen-bond donors (Lipinski definition) is 1. The Balaban J connectivity index is 2.27. The van der Waals surface area contributed by atoms with Crippen LogP contribution in [0.5, 0.6) is 0 Å². The van der Waals surface area contributed by atoms with Gasteiger partial charge in [-0.3, -0.25) is 0 Å². The molecular weight excluding hydrogens is 231 g/mol. The van der Waals surface area contributed by atoms with E-state index in [4.69, 9.17) is 5.73 Å². The lowest BCUT2D eigenvalue weighted by atomic mass is 10.2. The van der Waals surface area contributed by atoms with Gasteiger partial charge in [0.25, 0.3) is 0 Å². The van der Waals surface area contributed by atoms with Crippen molar-refractivity contribution in [2.45, 2.75) is 0 Å². The number of benzene rings is 1. The molecule has 2 heterocycles. The first kappa shape index (κ1) is 10.7. The summed E-state index contributed by atoms with van der Waals surface area (Å²) in [7, 11) is 1.85. The van der Waals surface area contributed by atoms with Crippen LogP contribution in [0.25, 0.3) is 22.4 Å². The van der Waals surface area contributed by atoms with Crippen molar-refractivity contribution in [1.82, 2.24) is 14.5 Å². The molecule has 1 aromatic carbocycles. The van der Waals surface area contributed by atoms with Gasteiger partial charge in [0.05, 0.1) is 11.0 Å². The van der Waals surface area contributed by atoms with Gasteiger partial charge < -0.3 is 10.3 Å². The Kier molecular flexibility index (Phi) is 2.26. The summed E-state index contributed by atoms with van der Waals surface area (Å²) in [6, 6.07) is 8.11. The summed E-state index contributed by atoms with van der Waals surface area (Å²) in [5, 5.41) is 0. The molecule has 0 aliphatic carbocycles. The van der Waals surface area contributed by atoms with Crippen LogP contribution in [0.1, 0.15) is 0 Å². The van der Waals surface area contributed by atoms with Gasteiger partial charge in [0.1, 0.15) is 17.5 Å². The minimum atomic E-state index is -0.272. The van der Waals surface area contributed by atoms with Crippen LogP contribution in [0.3, 0.4) is 0 Å². The minimum Gasteiger partial charge on any atom is -0.384 e. The number of rotatable bonds is 1. The van der Waals surface area contributed by atoms with Gasteiger partial charge in [0, 0.05) is 18.8 Å². The van der Waals surface area contributed by atoms with E-state index in [1.807, 2.05) is 17.7 Å². The molecule has 0 aliphatic heterocycles. The Labute approximate surface area is 103 Å². The Morgan fingerprint density at radius 1 is 1.22 bits per heavy atom. The molecule has 0 unspecified atom stereocenters. The monoisotopic (exact) mass is 242 g/mol. The first-order valence-electron chi connectivity index (χ1n) is 5.49. The molecule has 3 aromatic rings. The highest BCUT2D eigenvalue weighted by Gasteiger charge is 2.10. The van der Waals surface area contributed by atoms with Crippen molar-refractivity contribution in [3.63, 3.8) is 0 Å². The number of nitrogens with zero attached hydrogens (tertiary/aromatic N) is 3. The van der Waals surface area contributed by atoms with E-state index in [-0.39, 0.29) is 5.82 Å². The van der Waals surface area contributed by atoms with Gasteiger partial charge in [0.2, 0.25) is 0 Å². The molecule has 0 spiro atoms. The number of aryl methyl sites for hydroxylation is 1. The fraction of sp³-hybridized carbons (Fsp3) is 0.0769. The standard InChI is InChI=1S/C13H11FN4/c1-18-11-7-9(14)2-3-10(11)17-13(18)8-4-5-16-12(15)6-8/h2-7H,1H3,(H2,15,16). The third-order valence-electron chi connectivity index (χ3n) is 2.88. The van der Waals surface area contributed by atoms with Crippen molar-refractivity contribution in [2.24, 2.45) is 7.05 Å². The van der Waals surface area contributed by atoms with Crippen molar-refractivity contribution in [3.8, 4) is 11.4 Å². The molecule has 0 atom stereocenters. The molecule has 0 saturated carbocycles. The average Bonchev–Trinajstić information content (AvgIpc) is 2.67. The second-order valence-corrected chi connectivity index (χ2v) is 4.10. The maximum Gasteiger partial charge on any atom is 0.141 e. The Morgan fingerprint density at radius 2 is 2.06 bits per heavy atom. The smallest absolute Gasteiger partial charge is 0.141 e. The highest BCUT2D eigenvalue weighted by Crippen LogP contribution is 2.24. The molecule has 3 rings (SSSR count). The fourth-order valence-electron chi connectivity index (χ4n) is 2.01. The van der Waals surface area contributed by atoms with E-state index in [0.717, 1.165) is 22.4 Å². The molecule has 0 bridgehead atoms. The van der Waals surface area contributed by atoms with Crippen LogP contribution in [0.15, 0.2) is 36.5 Å². The zero-order valence-corrected chi connectivity index (χ0v) is 9.76. The molecule has 4 nitrogen and oxygen atoms in total. The van der Waals surface area contributed by atoms with Crippen molar-refractivity contribution < 1.29 is 4.39 Å². The molecule has 0 radical (unpaired) electrons. The Hall–Kier alpha value is -2.43. The second-order valence-electron chi connectivity index (χ2n) is 4.10. The van der Waals surface area contributed by atoms with Gasteiger partial charge in [-0.1, -0.05) is 0 Å². The fourth-order valence-corrected chi connectivity index (χ4v) is 2.01. The molecule has 5 heteroatoms. The van der Waals surface area contributed by atoms with E-state index >= 15 is 0 Å². The molecule has 90 valence electrons. The number of nitrogens with two attached hydrogens (primary N) is 1. The maximum absolute atomic E-state index is 13.2. The lowest BCUT2D eigenvalue weighted by molar-refractivity contribution is 0.629. The van der Waals surface area contributed by atoms with Crippen LogP contribution < -0.4 is 5.73 Å². The average molecular weight is 242 g/mol. The van der Waals surface area contributed by atoms with Gasteiger partial charge in [-0.25, -0.2) is 14.4 Å². The van der Waals surface area contributed by atoms with Crippen molar-refractivity contribution in [1.29, 1.82) is 0 Å². The highest BCUT2D eigenvalue weighted by atomic mass is 19.1. The van der Waals surface area contributed by atoms with E-state index < -0.39 is 0 Å². The number of anilines is 1. The Morgan fingerprint density at radius 3 is 2.83 bits per heavy atom. The summed E-state index contributed by atoms with van der Waals surface area (Å²) >= 11 is 0. The lowest BCUT2D eigenvalue weighted by Crippen LogP contribution is -1.95. The first-order valence-corrected chi connectivity index (χ1v) is 5.49. The molecule has 18 heavy (non-hydrogen) atoms. The van der Waals surface area contributed by atoms with Gasteiger partial charge in [-0.15, -0.1) is 0 Å². The number of halogens is 1. The lowest BCUT2D eigenvalue weighted by Gasteiger charge is -2.02. The molecular formula is C13H11FN4. The van der Waals surface area contributed by atoms with Crippen molar-refractivity contribution in [3.05, 3.63) is 42.3 Å². The summed E-state index contributed by atoms with van der Waals surface area (Å²) in [4.78, 5) is 8.42. The number of fused-ring (bicyclic) bond motifs is 1. The van der Waals surface area contributed by atoms with Gasteiger partial charge in [-0.05, 0) is 30.3 Å². The third kappa shape index (κ3) is 1.60. The second kappa shape index (κ2) is 3.80. The maximum atomic E-state index is 13.2. The quantitative estimate of drug-likeness (QED) is 0.712. The van der Waals surface area contributed by atoms with Gasteiger partial charge in [0.15, 0.2) is 0 Å². The van der Waals surface area contributed by atoms with Crippen molar-refractivity contribution >= 4 is 16.9 Å². The van der Waals surface area contributed by atoms with Crippen LogP contribution in [0.2, 0.25) is 0 Å². The zero-order valence-electron chi connectivity index (χ0n) is 9.76. The minimum absolute atomic E-state index is 0.272. The zero-order chi connectivity index (χ0) is 12.7. The van der Waals surface area contributed by atoms with Crippen LogP contribution in [-0.4, -0.2) is 14.5 Å². The molecule has 0 aliphatic rings. The predicted molar refractivity (Wildman–Crippen MR) is 68.3 cm³/mol.